The molecule has 0 radical (unpaired) electrons. The van der Waals surface area contributed by atoms with Crippen LogP contribution in [0.1, 0.15) is 18.9 Å². The van der Waals surface area contributed by atoms with Crippen molar-refractivity contribution in [3.05, 3.63) is 23.9 Å². The van der Waals surface area contributed by atoms with Gasteiger partial charge in [-0.3, -0.25) is 4.79 Å². The van der Waals surface area contributed by atoms with Gasteiger partial charge in [0.15, 0.2) is 0 Å². The smallest absolute Gasteiger partial charge is 0.240 e. The van der Waals surface area contributed by atoms with Crippen LogP contribution in [0.15, 0.2) is 33.6 Å². The average molecular weight is 289 g/mol. The maximum Gasteiger partial charge on any atom is 0.240 e. The molecule has 1 amide bonds. The van der Waals surface area contributed by atoms with E-state index in [0.717, 1.165) is 16.3 Å². The highest BCUT2D eigenvalue weighted by Crippen LogP contribution is 2.22. The van der Waals surface area contributed by atoms with E-state index in [9.17, 15) is 4.79 Å². The minimum atomic E-state index is -0.0563. The maximum atomic E-state index is 11.2. The molecule has 0 spiro atoms. The molecule has 2 aromatic rings. The van der Waals surface area contributed by atoms with E-state index in [0.29, 0.717) is 11.6 Å². The Morgan fingerprint density at radius 1 is 1.40 bits per heavy atom. The van der Waals surface area contributed by atoms with Crippen molar-refractivity contribution in [3.63, 3.8) is 0 Å². The fraction of sp³-hybridized carbons (Fsp3) is 0.273. The van der Waals surface area contributed by atoms with E-state index in [4.69, 9.17) is 0 Å². The van der Waals surface area contributed by atoms with Gasteiger partial charge in [-0.15, -0.1) is 5.10 Å². The summed E-state index contributed by atoms with van der Waals surface area (Å²) < 4.78 is 0. The number of aromatic nitrogens is 5. The van der Waals surface area contributed by atoms with E-state index in [2.05, 4.69) is 36.1 Å². The van der Waals surface area contributed by atoms with Crippen molar-refractivity contribution in [2.24, 2.45) is 11.0 Å². The van der Waals surface area contributed by atoms with Gasteiger partial charge >= 0.3 is 0 Å². The van der Waals surface area contributed by atoms with Crippen LogP contribution in [0.3, 0.4) is 0 Å². The van der Waals surface area contributed by atoms with Crippen molar-refractivity contribution in [2.45, 2.75) is 23.5 Å². The Hall–Kier alpha value is -2.29. The van der Waals surface area contributed by atoms with Crippen LogP contribution >= 0.6 is 11.8 Å². The summed E-state index contributed by atoms with van der Waals surface area (Å²) in [5, 5.41) is 18.9. The molecule has 0 aliphatic carbocycles. The zero-order valence-corrected chi connectivity index (χ0v) is 11.4. The van der Waals surface area contributed by atoms with Crippen molar-refractivity contribution in [2.75, 3.05) is 0 Å². The number of hydrogen-bond donors (Lipinski definition) is 2. The number of rotatable bonds is 3. The lowest BCUT2D eigenvalue weighted by atomic mass is 9.95. The minimum Gasteiger partial charge on any atom is -0.273 e. The number of carbonyl (C=O) groups excluding carboxylic acids is 1. The van der Waals surface area contributed by atoms with E-state index in [1.54, 1.807) is 6.20 Å². The second-order valence-corrected chi connectivity index (χ2v) is 5.34. The molecular formula is C11H11N7OS. The Kier molecular flexibility index (Phi) is 3.42. The lowest BCUT2D eigenvalue weighted by Gasteiger charge is -2.18. The average Bonchev–Trinajstić information content (AvgIpc) is 2.93. The maximum absolute atomic E-state index is 11.2. The van der Waals surface area contributed by atoms with Gasteiger partial charge in [-0.25, -0.2) is 15.5 Å². The van der Waals surface area contributed by atoms with Gasteiger partial charge in [0, 0.05) is 24.1 Å². The number of carbonyl (C=O) groups is 1. The molecule has 0 bridgehead atoms. The van der Waals surface area contributed by atoms with E-state index >= 15 is 0 Å². The first-order chi connectivity index (χ1) is 9.72. The first kappa shape index (κ1) is 12.7. The summed E-state index contributed by atoms with van der Waals surface area (Å²) in [6, 6.07) is 3.79. The molecule has 1 aliphatic heterocycles. The number of H-pyrrole nitrogens is 1. The van der Waals surface area contributed by atoms with Gasteiger partial charge in [-0.05, 0) is 34.3 Å². The standard InChI is InChI=1S/C11H11N7OS/c1-6-4-8(19)13-14-10(6)7-2-3-9(12-5-7)20-11-15-17-18-16-11/h2-3,5-6H,4H2,1H3,(H,13,19)(H,15,16,17,18). The van der Waals surface area contributed by atoms with E-state index < -0.39 is 0 Å². The van der Waals surface area contributed by atoms with Gasteiger partial charge in [-0.1, -0.05) is 6.92 Å². The Labute approximate surface area is 118 Å². The normalized spacial score (nSPS) is 18.6. The fourth-order valence-corrected chi connectivity index (χ4v) is 2.49. The topological polar surface area (TPSA) is 109 Å². The van der Waals surface area contributed by atoms with Crippen molar-refractivity contribution in [3.8, 4) is 0 Å². The van der Waals surface area contributed by atoms with Crippen LogP contribution in [0.5, 0.6) is 0 Å². The molecule has 0 saturated carbocycles. The van der Waals surface area contributed by atoms with E-state index in [1.807, 2.05) is 19.1 Å². The summed E-state index contributed by atoms with van der Waals surface area (Å²) in [6.07, 6.45) is 2.18. The highest BCUT2D eigenvalue weighted by Gasteiger charge is 2.21. The molecule has 0 fully saturated rings. The van der Waals surface area contributed by atoms with Gasteiger partial charge in [-0.2, -0.15) is 5.10 Å². The third kappa shape index (κ3) is 2.67. The van der Waals surface area contributed by atoms with Gasteiger partial charge < -0.3 is 0 Å². The van der Waals surface area contributed by atoms with Crippen LogP contribution in [-0.4, -0.2) is 37.2 Å². The Morgan fingerprint density at radius 3 is 2.95 bits per heavy atom. The van der Waals surface area contributed by atoms with Crippen molar-refractivity contribution < 1.29 is 4.79 Å². The second kappa shape index (κ2) is 5.37. The van der Waals surface area contributed by atoms with Crippen LogP contribution in [-0.2, 0) is 4.79 Å². The zero-order chi connectivity index (χ0) is 13.9. The second-order valence-electron chi connectivity index (χ2n) is 4.33. The first-order valence-corrected chi connectivity index (χ1v) is 6.78. The van der Waals surface area contributed by atoms with Crippen LogP contribution < -0.4 is 5.43 Å². The van der Waals surface area contributed by atoms with Crippen molar-refractivity contribution >= 4 is 23.4 Å². The predicted molar refractivity (Wildman–Crippen MR) is 71.0 cm³/mol. The number of hydrazone groups is 1. The van der Waals surface area contributed by atoms with E-state index in [-0.39, 0.29) is 11.8 Å². The van der Waals surface area contributed by atoms with Crippen LogP contribution in [0, 0.1) is 5.92 Å². The highest BCUT2D eigenvalue weighted by molar-refractivity contribution is 7.99. The zero-order valence-electron chi connectivity index (χ0n) is 10.6. The van der Waals surface area contributed by atoms with Crippen molar-refractivity contribution in [1.29, 1.82) is 0 Å². The van der Waals surface area contributed by atoms with Crippen LogP contribution in [0.4, 0.5) is 0 Å². The number of nitrogens with one attached hydrogen (secondary N) is 2. The first-order valence-electron chi connectivity index (χ1n) is 5.97. The Balaban J connectivity index is 1.77. The van der Waals surface area contributed by atoms with Gasteiger partial charge in [0.05, 0.1) is 5.71 Å². The molecule has 102 valence electrons. The molecule has 2 N–H and O–H groups in total. The van der Waals surface area contributed by atoms with E-state index in [1.165, 1.54) is 11.8 Å². The number of nitrogens with zero attached hydrogens (tertiary/aromatic N) is 5. The third-order valence-electron chi connectivity index (χ3n) is 2.82. The molecule has 3 rings (SSSR count). The summed E-state index contributed by atoms with van der Waals surface area (Å²) in [6.45, 7) is 1.97. The van der Waals surface area contributed by atoms with Gasteiger partial charge in [0.1, 0.15) is 5.03 Å². The molecule has 20 heavy (non-hydrogen) atoms. The predicted octanol–water partition coefficient (Wildman–Crippen LogP) is 0.606. The number of tetrazole rings is 1. The van der Waals surface area contributed by atoms with Gasteiger partial charge in [0.2, 0.25) is 11.1 Å². The summed E-state index contributed by atoms with van der Waals surface area (Å²) in [5.74, 6) is 0.0294. The lowest BCUT2D eigenvalue weighted by Crippen LogP contribution is -2.32. The summed E-state index contributed by atoms with van der Waals surface area (Å²) >= 11 is 1.34. The van der Waals surface area contributed by atoms with Crippen LogP contribution in [0.25, 0.3) is 0 Å². The molecular weight excluding hydrogens is 278 g/mol. The molecule has 9 heteroatoms. The largest absolute Gasteiger partial charge is 0.273 e. The molecule has 1 atom stereocenters. The minimum absolute atomic E-state index is 0.0563. The summed E-state index contributed by atoms with van der Waals surface area (Å²) in [5.41, 5.74) is 4.24. The number of amides is 1. The SMILES string of the molecule is CC1CC(=O)NN=C1c1ccc(Sc2nnn[nH]2)nc1. The molecule has 8 nitrogen and oxygen atoms in total. The molecule has 2 aromatic heterocycles. The number of pyridine rings is 1. The van der Waals surface area contributed by atoms with Crippen molar-refractivity contribution in [1.82, 2.24) is 31.0 Å². The van der Waals surface area contributed by atoms with Gasteiger partial charge in [0.25, 0.3) is 0 Å². The number of aromatic amines is 1. The molecule has 1 aliphatic rings. The quantitative estimate of drug-likeness (QED) is 0.856. The highest BCUT2D eigenvalue weighted by atomic mass is 32.2. The molecule has 0 aromatic carbocycles. The fourth-order valence-electron chi connectivity index (χ4n) is 1.89. The Bertz CT molecular complexity index is 637. The molecule has 1 unspecified atom stereocenters. The number of hydrogen-bond acceptors (Lipinski definition) is 7. The van der Waals surface area contributed by atoms with Crippen LogP contribution in [0.2, 0.25) is 0 Å². The molecule has 3 heterocycles. The monoisotopic (exact) mass is 289 g/mol. The summed E-state index contributed by atoms with van der Waals surface area (Å²) in [4.78, 5) is 15.6. The lowest BCUT2D eigenvalue weighted by molar-refractivity contribution is -0.121. The Morgan fingerprint density at radius 2 is 2.30 bits per heavy atom. The molecule has 0 saturated heterocycles. The third-order valence-corrected chi connectivity index (χ3v) is 3.64. The summed E-state index contributed by atoms with van der Waals surface area (Å²) in [7, 11) is 0.